The average Bonchev–Trinajstić information content (AvgIpc) is 2.27. The number of likely N-dealkylation sites (tertiary alicyclic amines) is 1. The molecule has 18 heavy (non-hydrogen) atoms. The number of carbonyl (C=O) groups excluding carboxylic acids is 1. The number of hydrogen-bond donors (Lipinski definition) is 2. The lowest BCUT2D eigenvalue weighted by Gasteiger charge is -2.37. The van der Waals surface area contributed by atoms with Crippen molar-refractivity contribution in [2.75, 3.05) is 33.7 Å². The van der Waals surface area contributed by atoms with Gasteiger partial charge >= 0.3 is 0 Å². The molecule has 0 aromatic carbocycles. The van der Waals surface area contributed by atoms with Crippen LogP contribution in [0.2, 0.25) is 0 Å². The molecule has 0 bridgehead atoms. The minimum absolute atomic E-state index is 0.262. The second kappa shape index (κ2) is 7.07. The second-order valence-corrected chi connectivity index (χ2v) is 5.77. The first-order chi connectivity index (χ1) is 8.40. The molecule has 1 rings (SSSR count). The molecule has 0 radical (unpaired) electrons. The van der Waals surface area contributed by atoms with Crippen LogP contribution >= 0.6 is 0 Å². The predicted molar refractivity (Wildman–Crippen MR) is 74.4 cm³/mol. The summed E-state index contributed by atoms with van der Waals surface area (Å²) in [6.07, 6.45) is 2.43. The van der Waals surface area contributed by atoms with Gasteiger partial charge < -0.3 is 20.9 Å². The molecule has 106 valence electrons. The van der Waals surface area contributed by atoms with E-state index in [9.17, 15) is 4.79 Å². The fourth-order valence-corrected chi connectivity index (χ4v) is 2.56. The number of nitrogens with zero attached hydrogens (tertiary/aromatic N) is 2. The van der Waals surface area contributed by atoms with Gasteiger partial charge in [-0.1, -0.05) is 13.8 Å². The molecule has 0 saturated carbocycles. The van der Waals surface area contributed by atoms with E-state index >= 15 is 0 Å². The van der Waals surface area contributed by atoms with Crippen molar-refractivity contribution >= 4 is 5.91 Å². The van der Waals surface area contributed by atoms with Crippen molar-refractivity contribution < 1.29 is 4.79 Å². The number of hydrogen-bond acceptors (Lipinski definition) is 4. The summed E-state index contributed by atoms with van der Waals surface area (Å²) in [6.45, 7) is 7.00. The molecule has 0 spiro atoms. The molecule has 2 unspecified atom stereocenters. The van der Waals surface area contributed by atoms with E-state index in [0.29, 0.717) is 12.6 Å². The Morgan fingerprint density at radius 2 is 2.22 bits per heavy atom. The maximum absolute atomic E-state index is 11.4. The van der Waals surface area contributed by atoms with E-state index in [-0.39, 0.29) is 18.0 Å². The average molecular weight is 256 g/mol. The highest BCUT2D eigenvalue weighted by Crippen LogP contribution is 2.13. The molecule has 1 heterocycles. The molecule has 5 heteroatoms. The van der Waals surface area contributed by atoms with Crippen molar-refractivity contribution in [3.05, 3.63) is 0 Å². The van der Waals surface area contributed by atoms with Crippen LogP contribution in [0.25, 0.3) is 0 Å². The van der Waals surface area contributed by atoms with Gasteiger partial charge in [0.05, 0.1) is 6.04 Å². The van der Waals surface area contributed by atoms with Gasteiger partial charge in [-0.2, -0.15) is 0 Å². The number of amides is 1. The maximum Gasteiger partial charge on any atom is 0.235 e. The maximum atomic E-state index is 11.4. The molecule has 0 aromatic rings. The lowest BCUT2D eigenvalue weighted by molar-refractivity contribution is -0.120. The summed E-state index contributed by atoms with van der Waals surface area (Å²) >= 11 is 0. The molecule has 1 fully saturated rings. The SMILES string of the molecule is CC(C)NC(CN(C)C1CCCN(C)C1)C(N)=O. The fourth-order valence-electron chi connectivity index (χ4n) is 2.56. The fraction of sp³-hybridized carbons (Fsp3) is 0.923. The van der Waals surface area contributed by atoms with E-state index in [1.165, 1.54) is 19.4 Å². The van der Waals surface area contributed by atoms with Crippen LogP contribution in [-0.4, -0.2) is 67.6 Å². The van der Waals surface area contributed by atoms with Gasteiger partial charge in [0.25, 0.3) is 0 Å². The molecular weight excluding hydrogens is 228 g/mol. The molecule has 1 aliphatic heterocycles. The van der Waals surface area contributed by atoms with Crippen molar-refractivity contribution in [3.63, 3.8) is 0 Å². The molecular formula is C13H28N4O. The number of nitrogens with one attached hydrogen (secondary N) is 1. The molecule has 3 N–H and O–H groups in total. The Bertz CT molecular complexity index is 270. The minimum Gasteiger partial charge on any atom is -0.368 e. The van der Waals surface area contributed by atoms with Crippen LogP contribution in [0.3, 0.4) is 0 Å². The number of likely N-dealkylation sites (N-methyl/N-ethyl adjacent to an activating group) is 2. The number of carbonyl (C=O) groups is 1. The summed E-state index contributed by atoms with van der Waals surface area (Å²) in [7, 11) is 4.24. The van der Waals surface area contributed by atoms with Gasteiger partial charge in [-0.05, 0) is 33.5 Å². The zero-order valence-corrected chi connectivity index (χ0v) is 12.1. The molecule has 1 amide bonds. The van der Waals surface area contributed by atoms with E-state index in [1.807, 2.05) is 13.8 Å². The topological polar surface area (TPSA) is 61.6 Å². The smallest absolute Gasteiger partial charge is 0.235 e. The minimum atomic E-state index is -0.264. The van der Waals surface area contributed by atoms with Gasteiger partial charge in [0.1, 0.15) is 0 Å². The standard InChI is InChI=1S/C13H28N4O/c1-10(2)15-12(13(14)18)9-17(4)11-6-5-7-16(3)8-11/h10-12,15H,5-9H2,1-4H3,(H2,14,18). The van der Waals surface area contributed by atoms with Crippen LogP contribution in [0, 0.1) is 0 Å². The van der Waals surface area contributed by atoms with E-state index in [4.69, 9.17) is 5.73 Å². The lowest BCUT2D eigenvalue weighted by Crippen LogP contribution is -2.54. The third kappa shape index (κ3) is 4.92. The normalized spacial score (nSPS) is 23.6. The van der Waals surface area contributed by atoms with Crippen LogP contribution in [0.5, 0.6) is 0 Å². The van der Waals surface area contributed by atoms with E-state index < -0.39 is 0 Å². The first kappa shape index (κ1) is 15.4. The summed E-state index contributed by atoms with van der Waals surface area (Å²) in [5, 5.41) is 3.23. The van der Waals surface area contributed by atoms with Crippen LogP contribution in [0.4, 0.5) is 0 Å². The Morgan fingerprint density at radius 3 is 2.72 bits per heavy atom. The molecule has 0 aliphatic carbocycles. The highest BCUT2D eigenvalue weighted by molar-refractivity contribution is 5.80. The quantitative estimate of drug-likeness (QED) is 0.695. The van der Waals surface area contributed by atoms with Crippen LogP contribution in [0.15, 0.2) is 0 Å². The van der Waals surface area contributed by atoms with Gasteiger partial charge in [-0.3, -0.25) is 4.79 Å². The Hall–Kier alpha value is -0.650. The van der Waals surface area contributed by atoms with Gasteiger partial charge in [-0.15, -0.1) is 0 Å². The third-order valence-electron chi connectivity index (χ3n) is 3.57. The highest BCUT2D eigenvalue weighted by atomic mass is 16.1. The third-order valence-corrected chi connectivity index (χ3v) is 3.57. The summed E-state index contributed by atoms with van der Waals surface area (Å²) in [5.41, 5.74) is 5.45. The summed E-state index contributed by atoms with van der Waals surface area (Å²) in [4.78, 5) is 16.1. The molecule has 0 aromatic heterocycles. The van der Waals surface area contributed by atoms with E-state index in [0.717, 1.165) is 6.54 Å². The lowest BCUT2D eigenvalue weighted by atomic mass is 10.0. The summed E-state index contributed by atoms with van der Waals surface area (Å²) in [6, 6.07) is 0.534. The van der Waals surface area contributed by atoms with Gasteiger partial charge in [0.2, 0.25) is 5.91 Å². The van der Waals surface area contributed by atoms with Gasteiger partial charge in [0.15, 0.2) is 0 Å². The van der Waals surface area contributed by atoms with Crippen LogP contribution in [-0.2, 0) is 4.79 Å². The van der Waals surface area contributed by atoms with Crippen LogP contribution in [0.1, 0.15) is 26.7 Å². The number of primary amides is 1. The first-order valence-electron chi connectivity index (χ1n) is 6.84. The number of rotatable bonds is 6. The zero-order valence-electron chi connectivity index (χ0n) is 12.1. The zero-order chi connectivity index (χ0) is 13.7. The number of piperidine rings is 1. The van der Waals surface area contributed by atoms with Crippen molar-refractivity contribution in [1.29, 1.82) is 0 Å². The Balaban J connectivity index is 2.49. The van der Waals surface area contributed by atoms with Crippen molar-refractivity contribution in [3.8, 4) is 0 Å². The molecule has 1 aliphatic rings. The van der Waals surface area contributed by atoms with Crippen molar-refractivity contribution in [2.24, 2.45) is 5.73 Å². The van der Waals surface area contributed by atoms with E-state index in [1.54, 1.807) is 0 Å². The Kier molecular flexibility index (Phi) is 6.05. The van der Waals surface area contributed by atoms with Gasteiger partial charge in [0, 0.05) is 25.2 Å². The monoisotopic (exact) mass is 256 g/mol. The molecule has 1 saturated heterocycles. The van der Waals surface area contributed by atoms with E-state index in [2.05, 4.69) is 29.2 Å². The Morgan fingerprint density at radius 1 is 1.56 bits per heavy atom. The molecule has 5 nitrogen and oxygen atoms in total. The van der Waals surface area contributed by atoms with Gasteiger partial charge in [-0.25, -0.2) is 0 Å². The highest BCUT2D eigenvalue weighted by Gasteiger charge is 2.25. The summed E-state index contributed by atoms with van der Waals surface area (Å²) in [5.74, 6) is -0.264. The predicted octanol–water partition coefficient (Wildman–Crippen LogP) is -0.136. The number of nitrogens with two attached hydrogens (primary N) is 1. The first-order valence-corrected chi connectivity index (χ1v) is 6.84. The Labute approximate surface area is 111 Å². The largest absolute Gasteiger partial charge is 0.368 e. The van der Waals surface area contributed by atoms with Crippen molar-refractivity contribution in [2.45, 2.75) is 44.8 Å². The van der Waals surface area contributed by atoms with Crippen LogP contribution < -0.4 is 11.1 Å². The molecule has 2 atom stereocenters. The second-order valence-electron chi connectivity index (χ2n) is 5.77. The summed E-state index contributed by atoms with van der Waals surface area (Å²) < 4.78 is 0. The van der Waals surface area contributed by atoms with Crippen molar-refractivity contribution in [1.82, 2.24) is 15.1 Å².